The molecule has 0 bridgehead atoms. The summed E-state index contributed by atoms with van der Waals surface area (Å²) in [6.45, 7) is 0. The molecule has 0 aliphatic rings. The van der Waals surface area contributed by atoms with Crippen molar-refractivity contribution in [2.45, 2.75) is 0 Å². The zero-order valence-corrected chi connectivity index (χ0v) is 30.1. The first-order valence-corrected chi connectivity index (χ1v) is 17.1. The van der Waals surface area contributed by atoms with Crippen LogP contribution in [0.4, 0.5) is 0 Å². The van der Waals surface area contributed by atoms with Crippen LogP contribution in [0, 0.1) is 3.57 Å². The van der Waals surface area contributed by atoms with Gasteiger partial charge in [-0.05, 0) is 83.3 Å². The minimum Gasteiger partial charge on any atom is -0.508 e. The van der Waals surface area contributed by atoms with Crippen molar-refractivity contribution in [3.63, 3.8) is 0 Å². The number of nitrogens with zero attached hydrogens (tertiary/aromatic N) is 5. The highest BCUT2D eigenvalue weighted by Crippen LogP contribution is 2.22. The number of aromatic nitrogens is 6. The Hall–Kier alpha value is -6.14. The Balaban J connectivity index is 0.000000122. The lowest BCUT2D eigenvalue weighted by Gasteiger charge is -2.05. The highest BCUT2D eigenvalue weighted by molar-refractivity contribution is 14.1. The number of hydrogen-bond acceptors (Lipinski definition) is 6. The van der Waals surface area contributed by atoms with E-state index in [1.54, 1.807) is 32.4 Å². The van der Waals surface area contributed by atoms with E-state index in [4.69, 9.17) is 9.47 Å². The van der Waals surface area contributed by atoms with Gasteiger partial charge in [0, 0.05) is 31.9 Å². The molecule has 10 heteroatoms. The molecule has 3 heterocycles. The Bertz CT molecular complexity index is 2440. The van der Waals surface area contributed by atoms with Crippen LogP contribution < -0.4 is 9.47 Å². The van der Waals surface area contributed by atoms with Crippen LogP contribution in [0.3, 0.4) is 0 Å². The highest BCUT2D eigenvalue weighted by atomic mass is 127. The van der Waals surface area contributed by atoms with Gasteiger partial charge in [0.2, 0.25) is 0 Å². The van der Waals surface area contributed by atoms with Crippen LogP contribution in [0.2, 0.25) is 0 Å². The maximum Gasteiger partial charge on any atom is 0.121 e. The van der Waals surface area contributed by atoms with Crippen molar-refractivity contribution in [2.75, 3.05) is 14.2 Å². The molecule has 9 aromatic rings. The van der Waals surface area contributed by atoms with Gasteiger partial charge < -0.3 is 14.6 Å². The molecule has 9 rings (SSSR count). The van der Waals surface area contributed by atoms with Crippen molar-refractivity contribution >= 4 is 55.3 Å². The van der Waals surface area contributed by atoms with E-state index in [-0.39, 0.29) is 5.75 Å². The highest BCUT2D eigenvalue weighted by Gasteiger charge is 2.05. The molecule has 51 heavy (non-hydrogen) atoms. The van der Waals surface area contributed by atoms with Crippen LogP contribution >= 0.6 is 22.6 Å². The standard InChI is InChI=1S/C14H12N2O.C13H10N2O.C7H7IO.C7H6N2/c1-17-13-7-4-6-12(9-13)16-14-8-3-2-5-11(14)10-15-16;16-12-6-3-5-11(8-12)15-13-7-2-1-4-10(13)9-14-15;1-9-7-4-2-3-6(8)5-7;1-2-4-7-6(3-1)5-8-9-7/h2-10H,1H3;1-9,16H;2-5H,1H3;1-5H,(H,8,9). The molecule has 9 nitrogen and oxygen atoms in total. The lowest BCUT2D eigenvalue weighted by Crippen LogP contribution is -1.96. The quantitative estimate of drug-likeness (QED) is 0.172. The van der Waals surface area contributed by atoms with E-state index in [0.717, 1.165) is 55.6 Å². The molecule has 0 radical (unpaired) electrons. The molecule has 0 spiro atoms. The minimum atomic E-state index is 0.247. The molecular weight excluding hydrogens is 751 g/mol. The number of ether oxygens (including phenoxy) is 2. The third-order valence-electron chi connectivity index (χ3n) is 7.71. The fourth-order valence-electron chi connectivity index (χ4n) is 5.20. The number of phenolic OH excluding ortho intramolecular Hbond substituents is 1. The fourth-order valence-corrected chi connectivity index (χ4v) is 5.71. The molecule has 3 aromatic heterocycles. The number of methoxy groups -OCH3 is 2. The summed E-state index contributed by atoms with van der Waals surface area (Å²) in [5, 5.41) is 28.3. The Morgan fingerprint density at radius 1 is 0.549 bits per heavy atom. The van der Waals surface area contributed by atoms with Crippen molar-refractivity contribution in [3.8, 4) is 28.6 Å². The molecule has 0 aliphatic carbocycles. The maximum absolute atomic E-state index is 9.44. The smallest absolute Gasteiger partial charge is 0.121 e. The summed E-state index contributed by atoms with van der Waals surface area (Å²) in [5.74, 6) is 2.00. The second kappa shape index (κ2) is 17.0. The van der Waals surface area contributed by atoms with Crippen molar-refractivity contribution < 1.29 is 14.6 Å². The number of fused-ring (bicyclic) bond motifs is 3. The topological polar surface area (TPSA) is 103 Å². The number of H-pyrrole nitrogens is 1. The van der Waals surface area contributed by atoms with E-state index in [1.165, 1.54) is 3.57 Å². The summed E-state index contributed by atoms with van der Waals surface area (Å²) in [5.41, 5.74) is 5.10. The van der Waals surface area contributed by atoms with Gasteiger partial charge in [0.25, 0.3) is 0 Å². The molecule has 2 N–H and O–H groups in total. The van der Waals surface area contributed by atoms with Crippen molar-refractivity contribution in [3.05, 3.63) is 168 Å². The predicted octanol–water partition coefficient (Wildman–Crippen LogP) is 9.63. The summed E-state index contributed by atoms with van der Waals surface area (Å²) in [7, 11) is 3.34. The van der Waals surface area contributed by atoms with Gasteiger partial charge in [-0.15, -0.1) is 0 Å². The van der Waals surface area contributed by atoms with E-state index in [2.05, 4.69) is 55.1 Å². The number of aromatic amines is 1. The second-order valence-corrected chi connectivity index (χ2v) is 12.3. The molecule has 0 unspecified atom stereocenters. The number of nitrogens with one attached hydrogen (secondary N) is 1. The van der Waals surface area contributed by atoms with Crippen LogP contribution in [-0.2, 0) is 0 Å². The van der Waals surface area contributed by atoms with Gasteiger partial charge in [0.15, 0.2) is 0 Å². The molecule has 0 aliphatic heterocycles. The van der Waals surface area contributed by atoms with Crippen LogP contribution in [0.25, 0.3) is 44.1 Å². The molecule has 0 atom stereocenters. The van der Waals surface area contributed by atoms with E-state index in [9.17, 15) is 5.11 Å². The van der Waals surface area contributed by atoms with Gasteiger partial charge in [0.1, 0.15) is 17.2 Å². The van der Waals surface area contributed by atoms with Gasteiger partial charge in [0.05, 0.1) is 60.7 Å². The number of hydrogen-bond donors (Lipinski definition) is 2. The monoisotopic (exact) mass is 786 g/mol. The Morgan fingerprint density at radius 3 is 1.65 bits per heavy atom. The summed E-state index contributed by atoms with van der Waals surface area (Å²) in [4.78, 5) is 0. The van der Waals surface area contributed by atoms with Gasteiger partial charge in [-0.25, -0.2) is 9.36 Å². The third-order valence-corrected chi connectivity index (χ3v) is 8.38. The number of aromatic hydroxyl groups is 1. The van der Waals surface area contributed by atoms with Gasteiger partial charge >= 0.3 is 0 Å². The van der Waals surface area contributed by atoms with E-state index < -0.39 is 0 Å². The van der Waals surface area contributed by atoms with Crippen LogP contribution in [0.5, 0.6) is 17.2 Å². The summed E-state index contributed by atoms with van der Waals surface area (Å²) in [6, 6.07) is 47.0. The number of rotatable bonds is 4. The average Bonchev–Trinajstić information content (AvgIpc) is 3.94. The number of para-hydroxylation sites is 3. The Kier molecular flexibility index (Phi) is 11.6. The van der Waals surface area contributed by atoms with Crippen LogP contribution in [-0.4, -0.2) is 49.1 Å². The first-order valence-electron chi connectivity index (χ1n) is 16.0. The molecule has 0 fully saturated rings. The Morgan fingerprint density at radius 2 is 1.08 bits per heavy atom. The molecule has 254 valence electrons. The first kappa shape index (κ1) is 34.7. The fraction of sp³-hybridized carbons (Fsp3) is 0.0488. The van der Waals surface area contributed by atoms with E-state index in [1.807, 2.05) is 143 Å². The van der Waals surface area contributed by atoms with Gasteiger partial charge in [-0.2, -0.15) is 15.3 Å². The van der Waals surface area contributed by atoms with Crippen LogP contribution in [0.15, 0.2) is 164 Å². The zero-order valence-electron chi connectivity index (χ0n) is 28.0. The third kappa shape index (κ3) is 8.91. The number of halogens is 1. The average molecular weight is 787 g/mol. The minimum absolute atomic E-state index is 0.247. The summed E-state index contributed by atoms with van der Waals surface area (Å²) < 4.78 is 15.1. The van der Waals surface area contributed by atoms with Crippen LogP contribution in [0.1, 0.15) is 0 Å². The normalized spacial score (nSPS) is 10.3. The first-order chi connectivity index (χ1) is 25.0. The molecule has 0 saturated heterocycles. The lowest BCUT2D eigenvalue weighted by molar-refractivity contribution is 0.414. The lowest BCUT2D eigenvalue weighted by atomic mass is 10.2. The molecular formula is C41H35IN6O3. The van der Waals surface area contributed by atoms with E-state index >= 15 is 0 Å². The van der Waals surface area contributed by atoms with Crippen molar-refractivity contribution in [1.29, 1.82) is 0 Å². The van der Waals surface area contributed by atoms with Crippen molar-refractivity contribution in [2.24, 2.45) is 0 Å². The molecule has 6 aromatic carbocycles. The Labute approximate surface area is 308 Å². The number of benzene rings is 6. The van der Waals surface area contributed by atoms with Gasteiger partial charge in [-0.1, -0.05) is 72.8 Å². The zero-order chi connectivity index (χ0) is 35.4. The summed E-state index contributed by atoms with van der Waals surface area (Å²) >= 11 is 2.25. The SMILES string of the molecule is COc1cccc(-n2ncc3ccccc32)c1.COc1cccc(I)c1.Oc1cccc(-n2ncc3ccccc32)c1.c1ccc2[nH]ncc2c1. The second-order valence-electron chi connectivity index (χ2n) is 11.1. The molecule has 0 amide bonds. The van der Waals surface area contributed by atoms with Crippen molar-refractivity contribution in [1.82, 2.24) is 29.8 Å². The molecule has 0 saturated carbocycles. The van der Waals surface area contributed by atoms with E-state index in [0.29, 0.717) is 0 Å². The maximum atomic E-state index is 9.44. The largest absolute Gasteiger partial charge is 0.508 e. The predicted molar refractivity (Wildman–Crippen MR) is 212 cm³/mol. The number of phenols is 1. The summed E-state index contributed by atoms with van der Waals surface area (Å²) in [6.07, 6.45) is 5.50. The van der Waals surface area contributed by atoms with Gasteiger partial charge in [-0.3, -0.25) is 5.10 Å².